The van der Waals surface area contributed by atoms with Gasteiger partial charge in [-0.05, 0) is 23.6 Å². The number of hydrogen-bond acceptors (Lipinski definition) is 2. The molecule has 92 valence electrons. The van der Waals surface area contributed by atoms with Gasteiger partial charge < -0.3 is 5.73 Å². The molecule has 0 saturated carbocycles. The van der Waals surface area contributed by atoms with Crippen molar-refractivity contribution in [1.82, 2.24) is 4.98 Å². The molecule has 0 amide bonds. The molecule has 1 unspecified atom stereocenters. The molecule has 1 aromatic heterocycles. The Morgan fingerprint density at radius 3 is 2.65 bits per heavy atom. The van der Waals surface area contributed by atoms with Crippen molar-refractivity contribution in [3.05, 3.63) is 42.1 Å². The van der Waals surface area contributed by atoms with Gasteiger partial charge in [0.1, 0.15) is 0 Å². The number of benzene rings is 1. The summed E-state index contributed by atoms with van der Waals surface area (Å²) in [6.07, 6.45) is 2.94. The Hall–Kier alpha value is -1.12. The molecule has 0 fully saturated rings. The molecule has 2 aromatic rings. The largest absolute Gasteiger partial charge is 0.324 e. The zero-order chi connectivity index (χ0) is 11.5. The molecule has 17 heavy (non-hydrogen) atoms. The van der Waals surface area contributed by atoms with Crippen molar-refractivity contribution in [1.29, 1.82) is 0 Å². The third kappa shape index (κ3) is 2.76. The van der Waals surface area contributed by atoms with Gasteiger partial charge in [-0.15, -0.1) is 12.4 Å². The van der Waals surface area contributed by atoms with Crippen molar-refractivity contribution in [2.75, 3.05) is 0 Å². The predicted molar refractivity (Wildman–Crippen MR) is 75.4 cm³/mol. The number of para-hydroxylation sites is 1. The maximum absolute atomic E-state index is 6.29. The van der Waals surface area contributed by atoms with Crippen LogP contribution < -0.4 is 5.73 Å². The van der Waals surface area contributed by atoms with Crippen LogP contribution in [0.5, 0.6) is 0 Å². The summed E-state index contributed by atoms with van der Waals surface area (Å²) in [6, 6.07) is 10.3. The highest BCUT2D eigenvalue weighted by Gasteiger charge is 2.15. The molecule has 0 aliphatic heterocycles. The van der Waals surface area contributed by atoms with E-state index in [0.29, 0.717) is 5.92 Å². The van der Waals surface area contributed by atoms with Crippen molar-refractivity contribution >= 4 is 23.3 Å². The minimum absolute atomic E-state index is 0. The van der Waals surface area contributed by atoms with Crippen LogP contribution in [0.15, 0.2) is 36.5 Å². The summed E-state index contributed by atoms with van der Waals surface area (Å²) in [5.41, 5.74) is 8.52. The normalized spacial score (nSPS) is 14.1. The quantitative estimate of drug-likeness (QED) is 0.902. The van der Waals surface area contributed by atoms with Gasteiger partial charge in [-0.1, -0.05) is 38.5 Å². The molecule has 0 aliphatic rings. The van der Waals surface area contributed by atoms with E-state index in [1.165, 1.54) is 10.9 Å². The Balaban J connectivity index is 0.00000144. The smallest absolute Gasteiger partial charge is 0.0705 e. The van der Waals surface area contributed by atoms with Crippen molar-refractivity contribution in [3.63, 3.8) is 0 Å². The van der Waals surface area contributed by atoms with Crippen LogP contribution in [0, 0.1) is 5.92 Å². The van der Waals surface area contributed by atoms with Gasteiger partial charge in [-0.3, -0.25) is 4.98 Å². The first kappa shape index (κ1) is 13.9. The van der Waals surface area contributed by atoms with Crippen LogP contribution in [0.2, 0.25) is 0 Å². The fourth-order valence-electron chi connectivity index (χ4n) is 1.97. The number of fused-ring (bicyclic) bond motifs is 1. The molecule has 0 aliphatic carbocycles. The standard InChI is InChI=1S/C14H18N2.ClH/c1-3-10(2)14(15)12-8-9-16-13-7-5-4-6-11(12)13;/h4-10,14H,3,15H2,1-2H3;1H/t10?,14-;/m1./s1. The summed E-state index contributed by atoms with van der Waals surface area (Å²) < 4.78 is 0. The Kier molecular flexibility index (Phi) is 4.91. The maximum Gasteiger partial charge on any atom is 0.0705 e. The summed E-state index contributed by atoms with van der Waals surface area (Å²) in [4.78, 5) is 4.35. The topological polar surface area (TPSA) is 38.9 Å². The molecule has 1 aromatic carbocycles. The predicted octanol–water partition coefficient (Wildman–Crippen LogP) is 3.70. The number of aromatic nitrogens is 1. The Morgan fingerprint density at radius 1 is 1.24 bits per heavy atom. The number of nitrogens with two attached hydrogens (primary N) is 1. The zero-order valence-corrected chi connectivity index (χ0v) is 11.1. The number of rotatable bonds is 3. The highest BCUT2D eigenvalue weighted by atomic mass is 35.5. The van der Waals surface area contributed by atoms with E-state index in [-0.39, 0.29) is 18.4 Å². The van der Waals surface area contributed by atoms with Gasteiger partial charge in [-0.25, -0.2) is 0 Å². The molecule has 0 radical (unpaired) electrons. The molecule has 2 N–H and O–H groups in total. The lowest BCUT2D eigenvalue weighted by molar-refractivity contribution is 0.459. The minimum atomic E-state index is 0. The minimum Gasteiger partial charge on any atom is -0.324 e. The second kappa shape index (κ2) is 5.99. The first-order chi connectivity index (χ1) is 7.74. The number of pyridine rings is 1. The lowest BCUT2D eigenvalue weighted by Gasteiger charge is -2.20. The molecule has 0 saturated heterocycles. The van der Waals surface area contributed by atoms with Crippen LogP contribution >= 0.6 is 12.4 Å². The van der Waals surface area contributed by atoms with Crippen LogP contribution in [-0.2, 0) is 0 Å². The van der Waals surface area contributed by atoms with Gasteiger partial charge in [0.25, 0.3) is 0 Å². The fraction of sp³-hybridized carbons (Fsp3) is 0.357. The van der Waals surface area contributed by atoms with E-state index in [1.54, 1.807) is 0 Å². The zero-order valence-electron chi connectivity index (χ0n) is 10.3. The van der Waals surface area contributed by atoms with E-state index in [9.17, 15) is 0 Å². The van der Waals surface area contributed by atoms with Crippen LogP contribution in [0.25, 0.3) is 10.9 Å². The van der Waals surface area contributed by atoms with Crippen molar-refractivity contribution < 1.29 is 0 Å². The van der Waals surface area contributed by atoms with Crippen molar-refractivity contribution in [3.8, 4) is 0 Å². The average Bonchev–Trinajstić information content (AvgIpc) is 2.36. The summed E-state index contributed by atoms with van der Waals surface area (Å²) in [5, 5.41) is 1.18. The second-order valence-corrected chi connectivity index (χ2v) is 4.33. The van der Waals surface area contributed by atoms with Crippen LogP contribution in [0.4, 0.5) is 0 Å². The summed E-state index contributed by atoms with van der Waals surface area (Å²) in [6.45, 7) is 4.37. The molecule has 0 spiro atoms. The highest BCUT2D eigenvalue weighted by Crippen LogP contribution is 2.27. The van der Waals surface area contributed by atoms with Crippen LogP contribution in [0.3, 0.4) is 0 Å². The summed E-state index contributed by atoms with van der Waals surface area (Å²) in [5.74, 6) is 0.491. The van der Waals surface area contributed by atoms with Gasteiger partial charge in [0.15, 0.2) is 0 Å². The number of nitrogens with zero attached hydrogens (tertiary/aromatic N) is 1. The number of hydrogen-bond donors (Lipinski definition) is 1. The molecule has 0 bridgehead atoms. The first-order valence-corrected chi connectivity index (χ1v) is 5.83. The van der Waals surface area contributed by atoms with Gasteiger partial charge in [0.05, 0.1) is 5.52 Å². The average molecular weight is 251 g/mol. The van der Waals surface area contributed by atoms with Gasteiger partial charge in [0, 0.05) is 17.6 Å². The molecule has 3 heteroatoms. The fourth-order valence-corrected chi connectivity index (χ4v) is 1.97. The SMILES string of the molecule is CCC(C)[C@@H](N)c1ccnc2ccccc12.Cl. The van der Waals surface area contributed by atoms with Crippen LogP contribution in [0.1, 0.15) is 31.9 Å². The van der Waals surface area contributed by atoms with Crippen molar-refractivity contribution in [2.45, 2.75) is 26.3 Å². The van der Waals surface area contributed by atoms with E-state index in [0.717, 1.165) is 11.9 Å². The van der Waals surface area contributed by atoms with E-state index in [1.807, 2.05) is 30.5 Å². The first-order valence-electron chi connectivity index (χ1n) is 5.83. The molecular weight excluding hydrogens is 232 g/mol. The third-order valence-corrected chi connectivity index (χ3v) is 3.30. The molecule has 2 atom stereocenters. The molecule has 2 nitrogen and oxygen atoms in total. The maximum atomic E-state index is 6.29. The van der Waals surface area contributed by atoms with Gasteiger partial charge in [0.2, 0.25) is 0 Å². The lowest BCUT2D eigenvalue weighted by atomic mass is 9.91. The third-order valence-electron chi connectivity index (χ3n) is 3.30. The lowest BCUT2D eigenvalue weighted by Crippen LogP contribution is -2.18. The summed E-state index contributed by atoms with van der Waals surface area (Å²) >= 11 is 0. The van der Waals surface area contributed by atoms with E-state index in [4.69, 9.17) is 5.73 Å². The number of halogens is 1. The van der Waals surface area contributed by atoms with Crippen molar-refractivity contribution in [2.24, 2.45) is 11.7 Å². The van der Waals surface area contributed by atoms with Gasteiger partial charge >= 0.3 is 0 Å². The summed E-state index contributed by atoms with van der Waals surface area (Å²) in [7, 11) is 0. The highest BCUT2D eigenvalue weighted by molar-refractivity contribution is 5.85. The van der Waals surface area contributed by atoms with E-state index >= 15 is 0 Å². The Labute approximate surface area is 109 Å². The van der Waals surface area contributed by atoms with E-state index in [2.05, 4.69) is 24.9 Å². The monoisotopic (exact) mass is 250 g/mol. The van der Waals surface area contributed by atoms with Gasteiger partial charge in [-0.2, -0.15) is 0 Å². The molecule has 2 rings (SSSR count). The Morgan fingerprint density at radius 2 is 1.94 bits per heavy atom. The Bertz CT molecular complexity index is 479. The molecule has 1 heterocycles. The second-order valence-electron chi connectivity index (χ2n) is 4.33. The van der Waals surface area contributed by atoms with E-state index < -0.39 is 0 Å². The van der Waals surface area contributed by atoms with Crippen LogP contribution in [-0.4, -0.2) is 4.98 Å². The molecular formula is C14H19ClN2.